The van der Waals surface area contributed by atoms with E-state index in [9.17, 15) is 13.5 Å². The monoisotopic (exact) mass is 192 g/mol. The van der Waals surface area contributed by atoms with Crippen molar-refractivity contribution in [2.75, 3.05) is 12.0 Å². The first-order valence-corrected chi connectivity index (χ1v) is 6.39. The van der Waals surface area contributed by atoms with Crippen LogP contribution in [0, 0.1) is 5.92 Å². The summed E-state index contributed by atoms with van der Waals surface area (Å²) in [6.45, 7) is 0. The maximum Gasteiger partial charge on any atom is 0.147 e. The van der Waals surface area contributed by atoms with Crippen molar-refractivity contribution in [3.63, 3.8) is 0 Å². The molecule has 0 amide bonds. The molecule has 4 heteroatoms. The van der Waals surface area contributed by atoms with Crippen LogP contribution in [0.5, 0.6) is 0 Å². The van der Waals surface area contributed by atoms with Crippen LogP contribution in [-0.2, 0) is 9.84 Å². The number of hydrogen-bond acceptors (Lipinski definition) is 3. The van der Waals surface area contributed by atoms with Crippen molar-refractivity contribution in [1.82, 2.24) is 0 Å². The van der Waals surface area contributed by atoms with Gasteiger partial charge in [0.1, 0.15) is 9.84 Å². The summed E-state index contributed by atoms with van der Waals surface area (Å²) >= 11 is 0. The molecule has 1 aliphatic carbocycles. The molecule has 0 aromatic rings. The molecule has 0 heterocycles. The number of rotatable bonds is 2. The Morgan fingerprint density at radius 2 is 1.75 bits per heavy atom. The van der Waals surface area contributed by atoms with Gasteiger partial charge >= 0.3 is 0 Å². The fraction of sp³-hybridized carbons (Fsp3) is 1.00. The van der Waals surface area contributed by atoms with E-state index in [0.29, 0.717) is 5.75 Å². The zero-order chi connectivity index (χ0) is 9.19. The van der Waals surface area contributed by atoms with Crippen molar-refractivity contribution in [3.05, 3.63) is 0 Å². The van der Waals surface area contributed by atoms with Gasteiger partial charge in [0.25, 0.3) is 0 Å². The molecule has 0 atom stereocenters. The van der Waals surface area contributed by atoms with Crippen molar-refractivity contribution >= 4 is 9.84 Å². The van der Waals surface area contributed by atoms with E-state index < -0.39 is 9.84 Å². The fourth-order valence-corrected chi connectivity index (χ4v) is 2.93. The molecule has 0 radical (unpaired) electrons. The zero-order valence-electron chi connectivity index (χ0n) is 7.36. The quantitative estimate of drug-likeness (QED) is 0.696. The first-order valence-electron chi connectivity index (χ1n) is 4.33. The van der Waals surface area contributed by atoms with Crippen LogP contribution in [0.25, 0.3) is 0 Å². The molecule has 0 unspecified atom stereocenters. The van der Waals surface area contributed by atoms with Crippen molar-refractivity contribution < 1.29 is 13.5 Å². The van der Waals surface area contributed by atoms with Gasteiger partial charge in [0.05, 0.1) is 11.9 Å². The molecule has 1 saturated carbocycles. The van der Waals surface area contributed by atoms with Crippen molar-refractivity contribution in [3.8, 4) is 0 Å². The summed E-state index contributed by atoms with van der Waals surface area (Å²) in [6.07, 6.45) is 4.32. The molecular formula is C8H16O3S. The van der Waals surface area contributed by atoms with E-state index in [0.717, 1.165) is 25.7 Å². The highest BCUT2D eigenvalue weighted by atomic mass is 32.2. The molecule has 0 aromatic carbocycles. The standard InChI is InChI=1S/C8H16O3S/c1-12(10,11)6-7-2-4-8(9)5-3-7/h7-9H,2-6H2,1H3. The molecular weight excluding hydrogens is 176 g/mol. The van der Waals surface area contributed by atoms with Crippen LogP contribution in [-0.4, -0.2) is 31.6 Å². The van der Waals surface area contributed by atoms with Crippen molar-refractivity contribution in [2.24, 2.45) is 5.92 Å². The maximum atomic E-state index is 10.9. The van der Waals surface area contributed by atoms with Gasteiger partial charge in [-0.15, -0.1) is 0 Å². The summed E-state index contributed by atoms with van der Waals surface area (Å²) < 4.78 is 21.8. The second kappa shape index (κ2) is 3.75. The van der Waals surface area contributed by atoms with Crippen LogP contribution in [0.1, 0.15) is 25.7 Å². The van der Waals surface area contributed by atoms with E-state index in [4.69, 9.17) is 0 Å². The second-order valence-electron chi connectivity index (χ2n) is 3.77. The molecule has 0 bridgehead atoms. The third-order valence-electron chi connectivity index (χ3n) is 2.35. The van der Waals surface area contributed by atoms with E-state index in [1.807, 2.05) is 0 Å². The van der Waals surface area contributed by atoms with Crippen LogP contribution in [0.15, 0.2) is 0 Å². The number of aliphatic hydroxyl groups is 1. The second-order valence-corrected chi connectivity index (χ2v) is 5.95. The number of aliphatic hydroxyl groups excluding tert-OH is 1. The minimum Gasteiger partial charge on any atom is -0.393 e. The van der Waals surface area contributed by atoms with Gasteiger partial charge in [-0.3, -0.25) is 0 Å². The van der Waals surface area contributed by atoms with Crippen LogP contribution in [0.2, 0.25) is 0 Å². The van der Waals surface area contributed by atoms with Crippen molar-refractivity contribution in [1.29, 1.82) is 0 Å². The maximum absolute atomic E-state index is 10.9. The molecule has 12 heavy (non-hydrogen) atoms. The van der Waals surface area contributed by atoms with Crippen molar-refractivity contribution in [2.45, 2.75) is 31.8 Å². The fourth-order valence-electron chi connectivity index (χ4n) is 1.74. The lowest BCUT2D eigenvalue weighted by Gasteiger charge is -2.24. The zero-order valence-corrected chi connectivity index (χ0v) is 8.18. The van der Waals surface area contributed by atoms with Gasteiger partial charge in [-0.1, -0.05) is 0 Å². The van der Waals surface area contributed by atoms with Gasteiger partial charge in [0.2, 0.25) is 0 Å². The summed E-state index contributed by atoms with van der Waals surface area (Å²) in [4.78, 5) is 0. The third-order valence-corrected chi connectivity index (χ3v) is 3.43. The highest BCUT2D eigenvalue weighted by Gasteiger charge is 2.22. The summed E-state index contributed by atoms with van der Waals surface area (Å²) in [7, 11) is -2.82. The van der Waals surface area contributed by atoms with Gasteiger partial charge in [0, 0.05) is 6.26 Å². The van der Waals surface area contributed by atoms with Gasteiger partial charge in [0.15, 0.2) is 0 Å². The Balaban J connectivity index is 2.36. The van der Waals surface area contributed by atoms with Gasteiger partial charge in [-0.05, 0) is 31.6 Å². The highest BCUT2D eigenvalue weighted by Crippen LogP contribution is 2.24. The Bertz CT molecular complexity index is 225. The predicted molar refractivity (Wildman–Crippen MR) is 47.7 cm³/mol. The molecule has 1 fully saturated rings. The number of sulfone groups is 1. The Morgan fingerprint density at radius 3 is 2.17 bits per heavy atom. The first kappa shape index (κ1) is 9.99. The van der Waals surface area contributed by atoms with Gasteiger partial charge in [-0.2, -0.15) is 0 Å². The Hall–Kier alpha value is -0.0900. The molecule has 0 saturated heterocycles. The highest BCUT2D eigenvalue weighted by molar-refractivity contribution is 7.90. The van der Waals surface area contributed by atoms with E-state index >= 15 is 0 Å². The molecule has 0 spiro atoms. The predicted octanol–water partition coefficient (Wildman–Crippen LogP) is 0.582. The largest absolute Gasteiger partial charge is 0.393 e. The molecule has 1 rings (SSSR count). The lowest BCUT2D eigenvalue weighted by Crippen LogP contribution is -2.23. The lowest BCUT2D eigenvalue weighted by molar-refractivity contribution is 0.113. The van der Waals surface area contributed by atoms with Gasteiger partial charge in [-0.25, -0.2) is 8.42 Å². The molecule has 1 N–H and O–H groups in total. The molecule has 0 aliphatic heterocycles. The Labute approximate surface area is 73.7 Å². The SMILES string of the molecule is CS(=O)(=O)CC1CCC(O)CC1. The minimum absolute atomic E-state index is 0.194. The Kier molecular flexibility index (Phi) is 3.12. The smallest absolute Gasteiger partial charge is 0.147 e. The molecule has 72 valence electrons. The lowest BCUT2D eigenvalue weighted by atomic mass is 9.89. The average Bonchev–Trinajstić information content (AvgIpc) is 1.91. The summed E-state index contributed by atoms with van der Waals surface area (Å²) in [5, 5.41) is 9.18. The normalized spacial score (nSPS) is 31.8. The van der Waals surface area contributed by atoms with Crippen LogP contribution >= 0.6 is 0 Å². The summed E-state index contributed by atoms with van der Waals surface area (Å²) in [6, 6.07) is 0. The first-order chi connectivity index (χ1) is 5.47. The molecule has 1 aliphatic rings. The van der Waals surface area contributed by atoms with E-state index in [-0.39, 0.29) is 12.0 Å². The van der Waals surface area contributed by atoms with Crippen LogP contribution < -0.4 is 0 Å². The summed E-state index contributed by atoms with van der Waals surface area (Å²) in [5.74, 6) is 0.572. The number of hydrogen-bond donors (Lipinski definition) is 1. The van der Waals surface area contributed by atoms with Crippen LogP contribution in [0.4, 0.5) is 0 Å². The van der Waals surface area contributed by atoms with Crippen LogP contribution in [0.3, 0.4) is 0 Å². The molecule has 3 nitrogen and oxygen atoms in total. The third kappa shape index (κ3) is 3.54. The topological polar surface area (TPSA) is 54.4 Å². The minimum atomic E-state index is -2.82. The van der Waals surface area contributed by atoms with E-state index in [1.165, 1.54) is 6.26 Å². The molecule has 0 aromatic heterocycles. The summed E-state index contributed by atoms with van der Waals surface area (Å²) in [5.41, 5.74) is 0. The average molecular weight is 192 g/mol. The van der Waals surface area contributed by atoms with Gasteiger partial charge < -0.3 is 5.11 Å². The van der Waals surface area contributed by atoms with E-state index in [1.54, 1.807) is 0 Å². The Morgan fingerprint density at radius 1 is 1.25 bits per heavy atom. The van der Waals surface area contributed by atoms with E-state index in [2.05, 4.69) is 0 Å².